The third kappa shape index (κ3) is 2.16. The zero-order valence-corrected chi connectivity index (χ0v) is 13.3. The van der Waals surface area contributed by atoms with Crippen molar-refractivity contribution in [3.05, 3.63) is 39.9 Å². The Balaban J connectivity index is 2.28. The second-order valence-corrected chi connectivity index (χ2v) is 6.54. The van der Waals surface area contributed by atoms with Gasteiger partial charge in [-0.1, -0.05) is 12.1 Å². The fraction of sp³-hybridized carbons (Fsp3) is 0.250. The summed E-state index contributed by atoms with van der Waals surface area (Å²) in [4.78, 5) is 24.0. The Kier molecular flexibility index (Phi) is 3.41. The van der Waals surface area contributed by atoms with Gasteiger partial charge in [0.05, 0.1) is 5.56 Å². The van der Waals surface area contributed by atoms with Crippen molar-refractivity contribution < 1.29 is 9.59 Å². The van der Waals surface area contributed by atoms with Crippen molar-refractivity contribution in [1.29, 1.82) is 0 Å². The molecule has 3 amide bonds. The number of carbonyl (C=O) groups excluding carboxylic acids is 2. The quantitative estimate of drug-likeness (QED) is 0.794. The number of hydrogen-bond donors (Lipinski definition) is 3. The molecule has 3 rings (SSSR count). The zero-order chi connectivity index (χ0) is 16.0. The number of nitrogens with two attached hydrogens (primary N) is 2. The first-order valence-corrected chi connectivity index (χ1v) is 7.83. The molecule has 0 atom stereocenters. The average molecular weight is 315 g/mol. The highest BCUT2D eigenvalue weighted by atomic mass is 32.1. The Labute approximate surface area is 132 Å². The lowest BCUT2D eigenvalue weighted by atomic mass is 9.84. The van der Waals surface area contributed by atoms with Crippen LogP contribution in [0.15, 0.2) is 12.1 Å². The van der Waals surface area contributed by atoms with Crippen molar-refractivity contribution in [2.45, 2.75) is 26.7 Å². The summed E-state index contributed by atoms with van der Waals surface area (Å²) in [5, 5.41) is 2.98. The van der Waals surface area contributed by atoms with Crippen LogP contribution in [0.5, 0.6) is 0 Å². The molecule has 1 aromatic carbocycles. The van der Waals surface area contributed by atoms with E-state index in [0.29, 0.717) is 10.6 Å². The van der Waals surface area contributed by atoms with E-state index in [1.165, 1.54) is 22.5 Å². The standard InChI is InChI=1S/C16H17N3O2S/c1-7-3-4-8(2)11-9(7)5-6-10-12(14(17)20)15(19-16(18)21)22-13(10)11/h3-4H,5-6H2,1-2H3,(H2,17,20)(H3,18,19,21). The van der Waals surface area contributed by atoms with Crippen LogP contribution in [0, 0.1) is 13.8 Å². The van der Waals surface area contributed by atoms with Gasteiger partial charge in [0, 0.05) is 4.88 Å². The van der Waals surface area contributed by atoms with E-state index in [-0.39, 0.29) is 0 Å². The lowest BCUT2D eigenvalue weighted by molar-refractivity contribution is 0.100. The van der Waals surface area contributed by atoms with Gasteiger partial charge in [-0.25, -0.2) is 4.79 Å². The Hall–Kier alpha value is -2.34. The van der Waals surface area contributed by atoms with Crippen LogP contribution in [0.3, 0.4) is 0 Å². The number of amides is 3. The van der Waals surface area contributed by atoms with Gasteiger partial charge in [-0.15, -0.1) is 11.3 Å². The molecule has 22 heavy (non-hydrogen) atoms. The number of benzene rings is 1. The molecule has 2 aromatic rings. The Morgan fingerprint density at radius 1 is 1.09 bits per heavy atom. The molecule has 1 aromatic heterocycles. The first kappa shape index (κ1) is 14.6. The minimum absolute atomic E-state index is 0.394. The summed E-state index contributed by atoms with van der Waals surface area (Å²) in [7, 11) is 0. The van der Waals surface area contributed by atoms with Crippen molar-refractivity contribution in [2.24, 2.45) is 11.5 Å². The van der Waals surface area contributed by atoms with Crippen molar-refractivity contribution in [2.75, 3.05) is 5.32 Å². The van der Waals surface area contributed by atoms with Gasteiger partial charge < -0.3 is 11.5 Å². The highest BCUT2D eigenvalue weighted by Crippen LogP contribution is 2.46. The van der Waals surface area contributed by atoms with Crippen LogP contribution in [0.4, 0.5) is 9.80 Å². The monoisotopic (exact) mass is 315 g/mol. The fourth-order valence-electron chi connectivity index (χ4n) is 3.12. The summed E-state index contributed by atoms with van der Waals surface area (Å²) in [6, 6.07) is 3.50. The minimum atomic E-state index is -0.692. The summed E-state index contributed by atoms with van der Waals surface area (Å²) < 4.78 is 0. The van der Waals surface area contributed by atoms with Gasteiger partial charge in [0.2, 0.25) is 0 Å². The lowest BCUT2D eigenvalue weighted by Crippen LogP contribution is -2.22. The highest BCUT2D eigenvalue weighted by molar-refractivity contribution is 7.20. The van der Waals surface area contributed by atoms with Crippen LogP contribution >= 0.6 is 11.3 Å². The van der Waals surface area contributed by atoms with E-state index in [0.717, 1.165) is 34.4 Å². The van der Waals surface area contributed by atoms with E-state index in [4.69, 9.17) is 11.5 Å². The number of thiophene rings is 1. The summed E-state index contributed by atoms with van der Waals surface area (Å²) in [5.41, 5.74) is 16.9. The molecule has 1 aliphatic rings. The molecule has 0 fully saturated rings. The van der Waals surface area contributed by atoms with Crippen molar-refractivity contribution >= 4 is 28.3 Å². The Morgan fingerprint density at radius 3 is 2.36 bits per heavy atom. The highest BCUT2D eigenvalue weighted by Gasteiger charge is 2.29. The number of fused-ring (bicyclic) bond motifs is 3. The molecule has 114 valence electrons. The maximum absolute atomic E-state index is 11.8. The van der Waals surface area contributed by atoms with Gasteiger partial charge in [0.25, 0.3) is 5.91 Å². The summed E-state index contributed by atoms with van der Waals surface area (Å²) in [6.45, 7) is 4.15. The average Bonchev–Trinajstić information content (AvgIpc) is 2.79. The van der Waals surface area contributed by atoms with Gasteiger partial charge >= 0.3 is 6.03 Å². The van der Waals surface area contributed by atoms with Crippen LogP contribution in [-0.2, 0) is 12.8 Å². The van der Waals surface area contributed by atoms with Gasteiger partial charge in [-0.2, -0.15) is 0 Å². The molecule has 0 aliphatic heterocycles. The molecule has 5 nitrogen and oxygen atoms in total. The van der Waals surface area contributed by atoms with Crippen molar-refractivity contribution in [1.82, 2.24) is 0 Å². The van der Waals surface area contributed by atoms with E-state index in [1.54, 1.807) is 0 Å². The molecule has 0 saturated carbocycles. The number of primary amides is 2. The van der Waals surface area contributed by atoms with E-state index >= 15 is 0 Å². The SMILES string of the molecule is Cc1ccc(C)c2c1CCc1c-2sc(NC(N)=O)c1C(N)=O. The van der Waals surface area contributed by atoms with Crippen LogP contribution in [0.2, 0.25) is 0 Å². The summed E-state index contributed by atoms with van der Waals surface area (Å²) in [6.07, 6.45) is 1.60. The third-order valence-corrected chi connectivity index (χ3v) is 5.26. The second-order valence-electron chi connectivity index (χ2n) is 5.52. The molecule has 5 N–H and O–H groups in total. The summed E-state index contributed by atoms with van der Waals surface area (Å²) in [5.74, 6) is -0.532. The van der Waals surface area contributed by atoms with Gasteiger partial charge in [-0.05, 0) is 54.5 Å². The minimum Gasteiger partial charge on any atom is -0.365 e. The number of carbonyl (C=O) groups is 2. The molecule has 0 unspecified atom stereocenters. The molecular formula is C16H17N3O2S. The molecule has 1 aliphatic carbocycles. The third-order valence-electron chi connectivity index (χ3n) is 4.10. The van der Waals surface area contributed by atoms with E-state index < -0.39 is 11.9 Å². The fourth-order valence-corrected chi connectivity index (χ4v) is 4.52. The molecule has 0 radical (unpaired) electrons. The smallest absolute Gasteiger partial charge is 0.317 e. The Morgan fingerprint density at radius 2 is 1.73 bits per heavy atom. The second kappa shape index (κ2) is 5.14. The molecule has 6 heteroatoms. The molecule has 0 spiro atoms. The number of nitrogens with one attached hydrogen (secondary N) is 1. The van der Waals surface area contributed by atoms with Gasteiger partial charge in [0.15, 0.2) is 0 Å². The predicted molar refractivity (Wildman–Crippen MR) is 88.4 cm³/mol. The predicted octanol–water partition coefficient (Wildman–Crippen LogP) is 2.72. The van der Waals surface area contributed by atoms with Crippen LogP contribution < -0.4 is 16.8 Å². The summed E-state index contributed by atoms with van der Waals surface area (Å²) >= 11 is 1.37. The van der Waals surface area contributed by atoms with Crippen LogP contribution in [-0.4, -0.2) is 11.9 Å². The first-order valence-electron chi connectivity index (χ1n) is 7.01. The van der Waals surface area contributed by atoms with E-state index in [1.807, 2.05) is 0 Å². The van der Waals surface area contributed by atoms with Crippen molar-refractivity contribution in [3.63, 3.8) is 0 Å². The van der Waals surface area contributed by atoms with Gasteiger partial charge in [-0.3, -0.25) is 10.1 Å². The van der Waals surface area contributed by atoms with Crippen LogP contribution in [0.25, 0.3) is 10.4 Å². The number of hydrogen-bond acceptors (Lipinski definition) is 3. The topological polar surface area (TPSA) is 98.2 Å². The van der Waals surface area contributed by atoms with Crippen molar-refractivity contribution in [3.8, 4) is 10.4 Å². The van der Waals surface area contributed by atoms with Crippen LogP contribution in [0.1, 0.15) is 32.6 Å². The van der Waals surface area contributed by atoms with Gasteiger partial charge in [0.1, 0.15) is 5.00 Å². The number of anilines is 1. The number of aryl methyl sites for hydroxylation is 2. The zero-order valence-electron chi connectivity index (χ0n) is 12.4. The molecule has 0 saturated heterocycles. The number of rotatable bonds is 2. The molecule has 1 heterocycles. The van der Waals surface area contributed by atoms with E-state index in [2.05, 4.69) is 31.3 Å². The first-order chi connectivity index (χ1) is 10.4. The molecule has 0 bridgehead atoms. The van der Waals surface area contributed by atoms with E-state index in [9.17, 15) is 9.59 Å². The normalized spacial score (nSPS) is 12.5. The largest absolute Gasteiger partial charge is 0.365 e. The number of urea groups is 1. The molecular weight excluding hydrogens is 298 g/mol. The maximum atomic E-state index is 11.8. The Bertz CT molecular complexity index is 808. The lowest BCUT2D eigenvalue weighted by Gasteiger charge is -2.21. The maximum Gasteiger partial charge on any atom is 0.317 e.